The number of hydrogen-bond acceptors (Lipinski definition) is 6. The van der Waals surface area contributed by atoms with Crippen molar-refractivity contribution in [3.63, 3.8) is 0 Å². The van der Waals surface area contributed by atoms with Crippen molar-refractivity contribution in [2.75, 3.05) is 5.75 Å². The van der Waals surface area contributed by atoms with E-state index in [2.05, 4.69) is 25.5 Å². The number of thioether (sulfide) groups is 1. The second-order valence-electron chi connectivity index (χ2n) is 4.50. The fourth-order valence-electron chi connectivity index (χ4n) is 1.82. The second-order valence-corrected chi connectivity index (χ2v) is 5.86. The molecule has 0 aliphatic carbocycles. The van der Waals surface area contributed by atoms with E-state index >= 15 is 0 Å². The van der Waals surface area contributed by atoms with Crippen molar-refractivity contribution in [3.05, 3.63) is 34.9 Å². The fraction of sp³-hybridized carbons (Fsp3) is 0.231. The summed E-state index contributed by atoms with van der Waals surface area (Å²) < 4.78 is 5.18. The number of rotatable bonds is 5. The molecule has 0 saturated carbocycles. The first-order valence-corrected chi connectivity index (χ1v) is 7.80. The lowest BCUT2D eigenvalue weighted by Gasteiger charge is -2.00. The van der Waals surface area contributed by atoms with Crippen LogP contribution in [-0.2, 0) is 11.3 Å². The second kappa shape index (κ2) is 6.37. The zero-order valence-corrected chi connectivity index (χ0v) is 13.2. The number of aryl methyl sites for hydroxylation is 1. The first-order chi connectivity index (χ1) is 10.6. The van der Waals surface area contributed by atoms with E-state index in [-0.39, 0.29) is 11.7 Å². The lowest BCUT2D eigenvalue weighted by Crippen LogP contribution is -2.25. The van der Waals surface area contributed by atoms with E-state index in [0.717, 1.165) is 11.0 Å². The summed E-state index contributed by atoms with van der Waals surface area (Å²) in [5.41, 5.74) is 1.65. The van der Waals surface area contributed by atoms with Gasteiger partial charge in [-0.3, -0.25) is 4.79 Å². The van der Waals surface area contributed by atoms with Crippen molar-refractivity contribution in [1.29, 1.82) is 0 Å². The number of aromatic amines is 1. The van der Waals surface area contributed by atoms with Gasteiger partial charge in [0, 0.05) is 11.9 Å². The molecule has 7 nitrogen and oxygen atoms in total. The molecule has 0 saturated heterocycles. The molecule has 22 heavy (non-hydrogen) atoms. The van der Waals surface area contributed by atoms with E-state index in [0.29, 0.717) is 28.5 Å². The van der Waals surface area contributed by atoms with Gasteiger partial charge in [-0.05, 0) is 18.2 Å². The Morgan fingerprint density at radius 2 is 2.32 bits per heavy atom. The van der Waals surface area contributed by atoms with Gasteiger partial charge in [-0.15, -0.1) is 10.2 Å². The predicted octanol–water partition coefficient (Wildman–Crippen LogP) is 2.32. The molecule has 0 radical (unpaired) electrons. The number of nitrogens with one attached hydrogen (secondary N) is 2. The van der Waals surface area contributed by atoms with Gasteiger partial charge >= 0.3 is 0 Å². The van der Waals surface area contributed by atoms with Gasteiger partial charge in [-0.1, -0.05) is 23.4 Å². The van der Waals surface area contributed by atoms with Gasteiger partial charge in [0.1, 0.15) is 5.82 Å². The summed E-state index contributed by atoms with van der Waals surface area (Å²) in [6.45, 7) is 2.01. The number of carbonyl (C=O) groups is 1. The van der Waals surface area contributed by atoms with Gasteiger partial charge in [-0.25, -0.2) is 4.98 Å². The molecule has 0 atom stereocenters. The van der Waals surface area contributed by atoms with Crippen LogP contribution in [0.5, 0.6) is 0 Å². The molecule has 0 aliphatic rings. The molecule has 3 aromatic rings. The molecular formula is C13H12ClN5O2S. The quantitative estimate of drug-likeness (QED) is 0.693. The molecule has 0 fully saturated rings. The van der Waals surface area contributed by atoms with Crippen LogP contribution in [0.2, 0.25) is 5.02 Å². The molecule has 114 valence electrons. The number of fused-ring (bicyclic) bond motifs is 1. The molecule has 0 spiro atoms. The normalized spacial score (nSPS) is 11.0. The molecule has 9 heteroatoms. The summed E-state index contributed by atoms with van der Waals surface area (Å²) >= 11 is 7.11. The first-order valence-electron chi connectivity index (χ1n) is 6.44. The van der Waals surface area contributed by atoms with E-state index in [1.165, 1.54) is 11.8 Å². The standard InChI is InChI=1S/C13H12ClN5O2S/c1-7-18-19-13(21-7)22-6-12(20)15-5-11-16-9-3-2-8(14)4-10(9)17-11/h2-4H,5-6H2,1H3,(H,15,20)(H,16,17). The maximum atomic E-state index is 11.8. The number of aromatic nitrogens is 4. The van der Waals surface area contributed by atoms with Crippen molar-refractivity contribution in [3.8, 4) is 0 Å². The molecule has 2 heterocycles. The minimum Gasteiger partial charge on any atom is -0.416 e. The van der Waals surface area contributed by atoms with Crippen LogP contribution in [0.1, 0.15) is 11.7 Å². The molecule has 3 rings (SSSR count). The molecule has 1 aromatic carbocycles. The van der Waals surface area contributed by atoms with Crippen molar-refractivity contribution in [2.24, 2.45) is 0 Å². The van der Waals surface area contributed by atoms with Crippen molar-refractivity contribution in [1.82, 2.24) is 25.5 Å². The smallest absolute Gasteiger partial charge is 0.277 e. The Hall–Kier alpha value is -2.06. The summed E-state index contributed by atoms with van der Waals surface area (Å²) in [5.74, 6) is 1.21. The highest BCUT2D eigenvalue weighted by atomic mass is 35.5. The Morgan fingerprint density at radius 1 is 1.45 bits per heavy atom. The number of nitrogens with zero attached hydrogens (tertiary/aromatic N) is 3. The monoisotopic (exact) mass is 337 g/mol. The Morgan fingerprint density at radius 3 is 3.09 bits per heavy atom. The van der Waals surface area contributed by atoms with Crippen LogP contribution in [0.25, 0.3) is 11.0 Å². The lowest BCUT2D eigenvalue weighted by molar-refractivity contribution is -0.118. The Labute approximate surface area is 134 Å². The van der Waals surface area contributed by atoms with Crippen molar-refractivity contribution in [2.45, 2.75) is 18.7 Å². The number of imidazole rings is 1. The minimum atomic E-state index is -0.139. The topological polar surface area (TPSA) is 96.7 Å². The highest BCUT2D eigenvalue weighted by Crippen LogP contribution is 2.17. The maximum Gasteiger partial charge on any atom is 0.277 e. The minimum absolute atomic E-state index is 0.139. The average molecular weight is 338 g/mol. The molecule has 2 N–H and O–H groups in total. The van der Waals surface area contributed by atoms with E-state index < -0.39 is 0 Å². The van der Waals surface area contributed by atoms with Crippen LogP contribution in [0.15, 0.2) is 27.8 Å². The third-order valence-corrected chi connectivity index (χ3v) is 3.83. The first kappa shape index (κ1) is 14.9. The molecular weight excluding hydrogens is 326 g/mol. The summed E-state index contributed by atoms with van der Waals surface area (Å²) in [6, 6.07) is 5.40. The largest absolute Gasteiger partial charge is 0.416 e. The van der Waals surface area contributed by atoms with Crippen LogP contribution in [0, 0.1) is 6.92 Å². The summed E-state index contributed by atoms with van der Waals surface area (Å²) in [5, 5.41) is 11.3. The highest BCUT2D eigenvalue weighted by Gasteiger charge is 2.09. The summed E-state index contributed by atoms with van der Waals surface area (Å²) in [6.07, 6.45) is 0. The Balaban J connectivity index is 1.53. The number of benzene rings is 1. The third kappa shape index (κ3) is 3.58. The van der Waals surface area contributed by atoms with Gasteiger partial charge < -0.3 is 14.7 Å². The third-order valence-electron chi connectivity index (χ3n) is 2.78. The van der Waals surface area contributed by atoms with Crippen molar-refractivity contribution < 1.29 is 9.21 Å². The van der Waals surface area contributed by atoms with E-state index in [4.69, 9.17) is 16.0 Å². The van der Waals surface area contributed by atoms with E-state index in [1.807, 2.05) is 6.07 Å². The van der Waals surface area contributed by atoms with Gasteiger partial charge in [0.25, 0.3) is 5.22 Å². The maximum absolute atomic E-state index is 11.8. The average Bonchev–Trinajstić information content (AvgIpc) is 3.08. The predicted molar refractivity (Wildman–Crippen MR) is 82.7 cm³/mol. The van der Waals surface area contributed by atoms with E-state index in [1.54, 1.807) is 19.1 Å². The SMILES string of the molecule is Cc1nnc(SCC(=O)NCc2nc3ccc(Cl)cc3[nH]2)o1. The van der Waals surface area contributed by atoms with Gasteiger partial charge in [0.05, 0.1) is 23.3 Å². The van der Waals surface area contributed by atoms with Crippen LogP contribution >= 0.6 is 23.4 Å². The number of amides is 1. The molecule has 2 aromatic heterocycles. The number of halogens is 1. The Bertz CT molecular complexity index is 816. The van der Waals surface area contributed by atoms with Crippen LogP contribution in [0.4, 0.5) is 0 Å². The number of hydrogen-bond donors (Lipinski definition) is 2. The zero-order valence-electron chi connectivity index (χ0n) is 11.6. The molecule has 0 bridgehead atoms. The summed E-state index contributed by atoms with van der Waals surface area (Å²) in [4.78, 5) is 19.3. The van der Waals surface area contributed by atoms with Gasteiger partial charge in [0.2, 0.25) is 11.8 Å². The van der Waals surface area contributed by atoms with Crippen LogP contribution in [0.3, 0.4) is 0 Å². The van der Waals surface area contributed by atoms with Crippen molar-refractivity contribution >= 4 is 40.3 Å². The molecule has 1 amide bonds. The molecule has 0 unspecified atom stereocenters. The highest BCUT2D eigenvalue weighted by molar-refractivity contribution is 7.99. The molecule has 0 aliphatic heterocycles. The summed E-state index contributed by atoms with van der Waals surface area (Å²) in [7, 11) is 0. The van der Waals surface area contributed by atoms with Crippen LogP contribution < -0.4 is 5.32 Å². The van der Waals surface area contributed by atoms with Gasteiger partial charge in [0.15, 0.2) is 0 Å². The number of carbonyl (C=O) groups excluding carboxylic acids is 1. The van der Waals surface area contributed by atoms with Gasteiger partial charge in [-0.2, -0.15) is 0 Å². The Kier molecular flexibility index (Phi) is 4.30. The number of H-pyrrole nitrogens is 1. The zero-order chi connectivity index (χ0) is 15.5. The lowest BCUT2D eigenvalue weighted by atomic mass is 10.3. The van der Waals surface area contributed by atoms with E-state index in [9.17, 15) is 4.79 Å². The fourth-order valence-corrected chi connectivity index (χ4v) is 2.62. The van der Waals surface area contributed by atoms with Crippen LogP contribution in [-0.4, -0.2) is 31.8 Å².